The van der Waals surface area contributed by atoms with Crippen molar-refractivity contribution in [3.05, 3.63) is 12.2 Å². The lowest BCUT2D eigenvalue weighted by molar-refractivity contribution is -0.222. The van der Waals surface area contributed by atoms with Gasteiger partial charge < -0.3 is 14.2 Å². The van der Waals surface area contributed by atoms with Gasteiger partial charge in [-0.1, -0.05) is 78.4 Å². The molecule has 2 atom stereocenters. The number of ether oxygens (including phenoxy) is 3. The van der Waals surface area contributed by atoms with E-state index in [0.29, 0.717) is 19.1 Å². The van der Waals surface area contributed by atoms with E-state index in [0.717, 1.165) is 61.2 Å². The van der Waals surface area contributed by atoms with E-state index >= 15 is 0 Å². The van der Waals surface area contributed by atoms with Crippen LogP contribution in [0.15, 0.2) is 12.2 Å². The Kier molecular flexibility index (Phi) is 12.7. The lowest BCUT2D eigenvalue weighted by Gasteiger charge is -2.37. The zero-order valence-electron chi connectivity index (χ0n) is 25.8. The second-order valence-electron chi connectivity index (χ2n) is 14.0. The molecule has 4 nitrogen and oxygen atoms in total. The molecule has 0 bridgehead atoms. The molecule has 0 radical (unpaired) electrons. The number of rotatable bonds is 11. The van der Waals surface area contributed by atoms with Crippen LogP contribution in [-0.2, 0) is 19.0 Å². The molecule has 3 aliphatic carbocycles. The smallest absolute Gasteiger partial charge is 0.363 e. The van der Waals surface area contributed by atoms with Crippen LogP contribution in [0.25, 0.3) is 0 Å². The summed E-state index contributed by atoms with van der Waals surface area (Å²) in [5, 5.41) is 0. The first kappa shape index (κ1) is 31.1. The molecule has 0 aromatic rings. The minimum absolute atomic E-state index is 0.0300. The van der Waals surface area contributed by atoms with Gasteiger partial charge >= 0.3 is 5.97 Å². The highest BCUT2D eigenvalue weighted by atomic mass is 16.7. The molecule has 0 N–H and O–H groups in total. The number of hydrogen-bond acceptors (Lipinski definition) is 4. The molecule has 4 rings (SSSR count). The average molecular weight is 545 g/mol. The Morgan fingerprint density at radius 3 is 1.95 bits per heavy atom. The average Bonchev–Trinajstić information content (AvgIpc) is 2.99. The summed E-state index contributed by atoms with van der Waals surface area (Å²) in [4.78, 5) is 12.6. The summed E-state index contributed by atoms with van der Waals surface area (Å²) in [5.41, 5.74) is 0. The highest BCUT2D eigenvalue weighted by molar-refractivity contribution is 5.73. The highest BCUT2D eigenvalue weighted by Gasteiger charge is 2.33. The van der Waals surface area contributed by atoms with Gasteiger partial charge in [0.25, 0.3) is 6.29 Å². The van der Waals surface area contributed by atoms with E-state index in [4.69, 9.17) is 14.2 Å². The second kappa shape index (κ2) is 15.9. The van der Waals surface area contributed by atoms with Crippen molar-refractivity contribution in [2.24, 2.45) is 47.3 Å². The summed E-state index contributed by atoms with van der Waals surface area (Å²) in [5.74, 6) is 6.01. The quantitative estimate of drug-likeness (QED) is 0.192. The Bertz CT molecular complexity index is 717. The third-order valence-corrected chi connectivity index (χ3v) is 11.4. The van der Waals surface area contributed by atoms with Gasteiger partial charge in [0, 0.05) is 5.92 Å². The third kappa shape index (κ3) is 9.59. The summed E-state index contributed by atoms with van der Waals surface area (Å²) < 4.78 is 17.4. The van der Waals surface area contributed by atoms with Gasteiger partial charge in [0.2, 0.25) is 0 Å². The van der Waals surface area contributed by atoms with E-state index < -0.39 is 6.29 Å². The van der Waals surface area contributed by atoms with Crippen molar-refractivity contribution in [2.75, 3.05) is 13.2 Å². The number of carbonyl (C=O) groups excluding carboxylic acids is 1. The molecule has 2 unspecified atom stereocenters. The van der Waals surface area contributed by atoms with Crippen molar-refractivity contribution in [1.82, 2.24) is 0 Å². The van der Waals surface area contributed by atoms with Gasteiger partial charge in [-0.15, -0.1) is 0 Å². The highest BCUT2D eigenvalue weighted by Crippen LogP contribution is 2.43. The molecule has 0 aromatic carbocycles. The van der Waals surface area contributed by atoms with E-state index in [9.17, 15) is 4.79 Å². The zero-order chi connectivity index (χ0) is 27.6. The monoisotopic (exact) mass is 544 g/mol. The van der Waals surface area contributed by atoms with Crippen molar-refractivity contribution in [3.8, 4) is 0 Å². The van der Waals surface area contributed by atoms with Crippen LogP contribution in [0.3, 0.4) is 0 Å². The molecule has 1 heterocycles. The molecule has 0 amide bonds. The first-order chi connectivity index (χ1) is 18.9. The van der Waals surface area contributed by atoms with Gasteiger partial charge in [0.1, 0.15) is 6.10 Å². The first-order valence-electron chi connectivity index (χ1n) is 17.1. The van der Waals surface area contributed by atoms with Gasteiger partial charge in [-0.3, -0.25) is 0 Å². The minimum atomic E-state index is -0.845. The summed E-state index contributed by atoms with van der Waals surface area (Å²) in [6.45, 7) is 10.5. The van der Waals surface area contributed by atoms with Crippen molar-refractivity contribution in [2.45, 2.75) is 143 Å². The van der Waals surface area contributed by atoms with Crippen molar-refractivity contribution >= 4 is 5.97 Å². The fourth-order valence-corrected chi connectivity index (χ4v) is 7.89. The molecule has 4 aliphatic rings. The van der Waals surface area contributed by atoms with Crippen LogP contribution in [0, 0.1) is 47.3 Å². The van der Waals surface area contributed by atoms with E-state index in [-0.39, 0.29) is 18.0 Å². The Balaban J connectivity index is 1.07. The molecule has 4 heteroatoms. The van der Waals surface area contributed by atoms with Crippen LogP contribution in [0.4, 0.5) is 0 Å². The topological polar surface area (TPSA) is 44.8 Å². The molecule has 1 aliphatic heterocycles. The van der Waals surface area contributed by atoms with E-state index in [1.807, 2.05) is 0 Å². The molecule has 1 saturated heterocycles. The predicted octanol–water partition coefficient (Wildman–Crippen LogP) is 9.12. The van der Waals surface area contributed by atoms with Gasteiger partial charge in [-0.25, -0.2) is 4.79 Å². The Hall–Kier alpha value is -0.870. The van der Waals surface area contributed by atoms with Crippen molar-refractivity contribution in [1.29, 1.82) is 0 Å². The molecular formula is C35H60O4. The maximum absolute atomic E-state index is 12.6. The third-order valence-electron chi connectivity index (χ3n) is 11.4. The normalized spacial score (nSPS) is 37.8. The first-order valence-corrected chi connectivity index (χ1v) is 17.1. The van der Waals surface area contributed by atoms with Crippen LogP contribution >= 0.6 is 0 Å². The zero-order valence-corrected chi connectivity index (χ0v) is 25.8. The Labute approximate surface area is 240 Å². The van der Waals surface area contributed by atoms with E-state index in [2.05, 4.69) is 39.8 Å². The molecule has 0 aromatic heterocycles. The van der Waals surface area contributed by atoms with Crippen molar-refractivity contribution in [3.63, 3.8) is 0 Å². The van der Waals surface area contributed by atoms with Crippen LogP contribution < -0.4 is 0 Å². The fourth-order valence-electron chi connectivity index (χ4n) is 7.89. The Morgan fingerprint density at radius 1 is 0.769 bits per heavy atom. The molecule has 0 spiro atoms. The molecule has 3 saturated carbocycles. The number of esters is 1. The van der Waals surface area contributed by atoms with Gasteiger partial charge in [0.15, 0.2) is 0 Å². The summed E-state index contributed by atoms with van der Waals surface area (Å²) >= 11 is 0. The number of hydrogen-bond donors (Lipinski definition) is 0. The lowest BCUT2D eigenvalue weighted by Crippen LogP contribution is -2.40. The maximum Gasteiger partial charge on any atom is 0.363 e. The Morgan fingerprint density at radius 2 is 1.36 bits per heavy atom. The summed E-state index contributed by atoms with van der Waals surface area (Å²) in [6, 6.07) is 0. The van der Waals surface area contributed by atoms with E-state index in [1.54, 1.807) is 0 Å². The minimum Gasteiger partial charge on any atom is -0.459 e. The molecule has 39 heavy (non-hydrogen) atoms. The lowest BCUT2D eigenvalue weighted by atomic mass is 9.68. The SMILES string of the molecule is CCC(C)CCC1CCC(C2CCC(/C=C/C3COC(C(=O)OC4CCC(C(C)CC)CC4)OC3)CC2)CC1. The molecule has 224 valence electrons. The predicted molar refractivity (Wildman–Crippen MR) is 159 cm³/mol. The van der Waals surface area contributed by atoms with Crippen LogP contribution in [0.1, 0.15) is 130 Å². The molecule has 4 fully saturated rings. The van der Waals surface area contributed by atoms with Crippen LogP contribution in [0.5, 0.6) is 0 Å². The van der Waals surface area contributed by atoms with Gasteiger partial charge in [-0.05, 0) is 106 Å². The summed E-state index contributed by atoms with van der Waals surface area (Å²) in [6.07, 6.45) is 25.0. The van der Waals surface area contributed by atoms with Gasteiger partial charge in [-0.2, -0.15) is 0 Å². The van der Waals surface area contributed by atoms with Crippen molar-refractivity contribution < 1.29 is 19.0 Å². The largest absolute Gasteiger partial charge is 0.459 e. The number of carbonyl (C=O) groups is 1. The van der Waals surface area contributed by atoms with Crippen LogP contribution in [-0.4, -0.2) is 31.6 Å². The molecular weight excluding hydrogens is 484 g/mol. The van der Waals surface area contributed by atoms with E-state index in [1.165, 1.54) is 77.0 Å². The van der Waals surface area contributed by atoms with Crippen LogP contribution in [0.2, 0.25) is 0 Å². The summed E-state index contributed by atoms with van der Waals surface area (Å²) in [7, 11) is 0. The second-order valence-corrected chi connectivity index (χ2v) is 14.0. The maximum atomic E-state index is 12.6. The number of allylic oxidation sites excluding steroid dienone is 1. The van der Waals surface area contributed by atoms with Gasteiger partial charge in [0.05, 0.1) is 13.2 Å². The standard InChI is InChI=1S/C35H60O4/c1-5-25(3)7-8-27-11-15-31(16-12-27)32-17-13-28(14-18-32)9-10-29-23-37-35(38-24-29)34(36)39-33-21-19-30(20-22-33)26(4)6-2/h9-10,25-33,35H,5-8,11-24H2,1-4H3/b10-9+. The fraction of sp³-hybridized carbons (Fsp3) is 0.914.